The zero-order valence-electron chi connectivity index (χ0n) is 18.5. The summed E-state index contributed by atoms with van der Waals surface area (Å²) in [5.41, 5.74) is 3.58. The van der Waals surface area contributed by atoms with Crippen molar-refractivity contribution in [3.63, 3.8) is 0 Å². The number of piperazine rings is 1. The molecule has 1 saturated heterocycles. The number of para-hydroxylation sites is 2. The van der Waals surface area contributed by atoms with E-state index in [1.54, 1.807) is 6.07 Å². The molecule has 1 fully saturated rings. The van der Waals surface area contributed by atoms with Crippen molar-refractivity contribution in [2.75, 3.05) is 31.1 Å². The number of rotatable bonds is 4. The van der Waals surface area contributed by atoms with Gasteiger partial charge in [-0.15, -0.1) is 10.2 Å². The molecule has 0 atom stereocenters. The highest BCUT2D eigenvalue weighted by atomic mass is 35.5. The van der Waals surface area contributed by atoms with E-state index in [0.717, 1.165) is 72.2 Å². The summed E-state index contributed by atoms with van der Waals surface area (Å²) >= 11 is 6.12. The van der Waals surface area contributed by atoms with Crippen molar-refractivity contribution in [3.8, 4) is 17.1 Å². The predicted octanol–water partition coefficient (Wildman–Crippen LogP) is 4.63. The number of phenolic OH excluding ortho intramolecular Hbond substituents is 1. The minimum atomic E-state index is 0.347. The molecule has 0 bridgehead atoms. The van der Waals surface area contributed by atoms with Crippen LogP contribution in [-0.2, 0) is 6.54 Å². The normalized spacial score (nSPS) is 14.8. The number of anilines is 1. The second-order valence-electron chi connectivity index (χ2n) is 8.51. The first kappa shape index (κ1) is 20.9. The third-order valence-corrected chi connectivity index (χ3v) is 6.62. The fourth-order valence-electron chi connectivity index (χ4n) is 4.56. The van der Waals surface area contributed by atoms with Crippen LogP contribution in [0.15, 0.2) is 72.8 Å². The molecule has 8 heteroatoms. The molecule has 3 aromatic carbocycles. The Morgan fingerprint density at radius 3 is 2.35 bits per heavy atom. The Morgan fingerprint density at radius 2 is 1.56 bits per heavy atom. The molecule has 170 valence electrons. The molecule has 0 aliphatic carbocycles. The number of aromatic hydroxyl groups is 1. The van der Waals surface area contributed by atoms with Crippen LogP contribution >= 0.6 is 11.6 Å². The third-order valence-electron chi connectivity index (χ3n) is 6.37. The van der Waals surface area contributed by atoms with E-state index in [1.165, 1.54) is 0 Å². The van der Waals surface area contributed by atoms with Gasteiger partial charge in [-0.2, -0.15) is 0 Å². The summed E-state index contributed by atoms with van der Waals surface area (Å²) in [5.74, 6) is 1.93. The van der Waals surface area contributed by atoms with Gasteiger partial charge in [0, 0.05) is 54.3 Å². The maximum atomic E-state index is 10.1. The van der Waals surface area contributed by atoms with Gasteiger partial charge in [0.1, 0.15) is 5.75 Å². The number of benzene rings is 3. The maximum Gasteiger partial charge on any atom is 0.213 e. The molecule has 5 aromatic rings. The average Bonchev–Trinajstić information content (AvgIpc) is 3.32. The smallest absolute Gasteiger partial charge is 0.213 e. The Kier molecular flexibility index (Phi) is 5.28. The summed E-state index contributed by atoms with van der Waals surface area (Å²) in [6, 6.07) is 23.2. The van der Waals surface area contributed by atoms with Crippen LogP contribution < -0.4 is 4.90 Å². The maximum absolute atomic E-state index is 10.1. The first-order chi connectivity index (χ1) is 16.7. The van der Waals surface area contributed by atoms with E-state index in [2.05, 4.69) is 24.4 Å². The largest absolute Gasteiger partial charge is 0.508 e. The molecule has 6 rings (SSSR count). The molecule has 3 heterocycles. The molecule has 1 aliphatic rings. The lowest BCUT2D eigenvalue weighted by Gasteiger charge is -2.35. The van der Waals surface area contributed by atoms with E-state index >= 15 is 0 Å². The van der Waals surface area contributed by atoms with Crippen LogP contribution in [0.4, 0.5) is 5.95 Å². The number of phenols is 1. The van der Waals surface area contributed by atoms with Crippen LogP contribution in [0.1, 0.15) is 5.56 Å². The monoisotopic (exact) mass is 470 g/mol. The van der Waals surface area contributed by atoms with Gasteiger partial charge in [0.2, 0.25) is 5.95 Å². The summed E-state index contributed by atoms with van der Waals surface area (Å²) in [6.07, 6.45) is 0. The SMILES string of the molecule is Oc1ccccc1CN1CCN(c2nc3ccccc3c3nnc(-c4ccc(Cl)cc4)n23)CC1. The lowest BCUT2D eigenvalue weighted by Crippen LogP contribution is -2.46. The first-order valence-electron chi connectivity index (χ1n) is 11.3. The van der Waals surface area contributed by atoms with Crippen LogP contribution in [-0.4, -0.2) is 55.8 Å². The van der Waals surface area contributed by atoms with Gasteiger partial charge < -0.3 is 10.0 Å². The number of hydrogen-bond acceptors (Lipinski definition) is 6. The Morgan fingerprint density at radius 1 is 0.824 bits per heavy atom. The van der Waals surface area contributed by atoms with Crippen LogP contribution in [0.5, 0.6) is 5.75 Å². The van der Waals surface area contributed by atoms with Crippen LogP contribution in [0.3, 0.4) is 0 Å². The van der Waals surface area contributed by atoms with E-state index in [4.69, 9.17) is 16.6 Å². The van der Waals surface area contributed by atoms with Crippen molar-refractivity contribution in [1.82, 2.24) is 24.5 Å². The molecule has 0 saturated carbocycles. The number of halogens is 1. The molecule has 1 N–H and O–H groups in total. The average molecular weight is 471 g/mol. The molecule has 2 aromatic heterocycles. The van der Waals surface area contributed by atoms with Gasteiger partial charge in [0.25, 0.3) is 0 Å². The molecular formula is C26H23ClN6O. The topological polar surface area (TPSA) is 69.8 Å². The highest BCUT2D eigenvalue weighted by Gasteiger charge is 2.24. The van der Waals surface area contributed by atoms with Gasteiger partial charge in [-0.3, -0.25) is 4.90 Å². The van der Waals surface area contributed by atoms with Gasteiger partial charge in [0.15, 0.2) is 11.5 Å². The molecule has 0 radical (unpaired) electrons. The number of fused-ring (bicyclic) bond motifs is 3. The van der Waals surface area contributed by atoms with Crippen LogP contribution in [0, 0.1) is 0 Å². The first-order valence-corrected chi connectivity index (χ1v) is 11.7. The molecule has 1 aliphatic heterocycles. The Balaban J connectivity index is 1.37. The summed E-state index contributed by atoms with van der Waals surface area (Å²) < 4.78 is 2.06. The van der Waals surface area contributed by atoms with E-state index in [0.29, 0.717) is 10.8 Å². The number of nitrogens with zero attached hydrogens (tertiary/aromatic N) is 6. The summed E-state index contributed by atoms with van der Waals surface area (Å²) in [6.45, 7) is 4.08. The highest BCUT2D eigenvalue weighted by molar-refractivity contribution is 6.30. The summed E-state index contributed by atoms with van der Waals surface area (Å²) in [7, 11) is 0. The van der Waals surface area contributed by atoms with Crippen molar-refractivity contribution >= 4 is 34.1 Å². The Hall–Kier alpha value is -3.68. The summed E-state index contributed by atoms with van der Waals surface area (Å²) in [5, 5.41) is 20.9. The molecule has 0 amide bonds. The molecule has 7 nitrogen and oxygen atoms in total. The quantitative estimate of drug-likeness (QED) is 0.413. The number of aromatic nitrogens is 4. The van der Waals surface area contributed by atoms with E-state index in [1.807, 2.05) is 66.7 Å². The third kappa shape index (κ3) is 3.73. The highest BCUT2D eigenvalue weighted by Crippen LogP contribution is 2.30. The second kappa shape index (κ2) is 8.59. The molecular weight excluding hydrogens is 448 g/mol. The second-order valence-corrected chi connectivity index (χ2v) is 8.95. The number of hydrogen-bond donors (Lipinski definition) is 1. The van der Waals surface area contributed by atoms with E-state index < -0.39 is 0 Å². The zero-order valence-corrected chi connectivity index (χ0v) is 19.2. The van der Waals surface area contributed by atoms with E-state index in [9.17, 15) is 5.11 Å². The Bertz CT molecular complexity index is 1470. The van der Waals surface area contributed by atoms with Gasteiger partial charge in [-0.25, -0.2) is 9.38 Å². The summed E-state index contributed by atoms with van der Waals surface area (Å²) in [4.78, 5) is 9.70. The van der Waals surface area contributed by atoms with Crippen LogP contribution in [0.25, 0.3) is 27.9 Å². The van der Waals surface area contributed by atoms with Gasteiger partial charge in [0.05, 0.1) is 5.52 Å². The molecule has 34 heavy (non-hydrogen) atoms. The standard InChI is InChI=1S/C26H23ClN6O/c27-20-11-9-18(10-12-20)24-29-30-25-21-6-2-3-7-22(21)28-26(33(24)25)32-15-13-31(14-16-32)17-19-5-1-4-8-23(19)34/h1-12,34H,13-17H2. The Labute approximate surface area is 201 Å². The minimum Gasteiger partial charge on any atom is -0.508 e. The van der Waals surface area contributed by atoms with Gasteiger partial charge in [-0.1, -0.05) is 41.9 Å². The predicted molar refractivity (Wildman–Crippen MR) is 134 cm³/mol. The fraction of sp³-hybridized carbons (Fsp3) is 0.192. The van der Waals surface area contributed by atoms with Crippen molar-refractivity contribution in [3.05, 3.63) is 83.4 Å². The lowest BCUT2D eigenvalue weighted by atomic mass is 10.1. The van der Waals surface area contributed by atoms with Crippen molar-refractivity contribution < 1.29 is 5.11 Å². The van der Waals surface area contributed by atoms with Crippen molar-refractivity contribution in [2.45, 2.75) is 6.54 Å². The molecule has 0 unspecified atom stereocenters. The van der Waals surface area contributed by atoms with Gasteiger partial charge in [-0.05, 0) is 42.5 Å². The zero-order chi connectivity index (χ0) is 23.1. The minimum absolute atomic E-state index is 0.347. The van der Waals surface area contributed by atoms with Crippen molar-refractivity contribution in [1.29, 1.82) is 0 Å². The lowest BCUT2D eigenvalue weighted by molar-refractivity contribution is 0.245. The van der Waals surface area contributed by atoms with E-state index in [-0.39, 0.29) is 0 Å². The fourth-order valence-corrected chi connectivity index (χ4v) is 4.68. The van der Waals surface area contributed by atoms with Gasteiger partial charge >= 0.3 is 0 Å². The van der Waals surface area contributed by atoms with Crippen LogP contribution in [0.2, 0.25) is 5.02 Å². The molecule has 0 spiro atoms. The van der Waals surface area contributed by atoms with Crippen molar-refractivity contribution in [2.24, 2.45) is 0 Å².